The fraction of sp³-hybridized carbons (Fsp3) is 0.619. The summed E-state index contributed by atoms with van der Waals surface area (Å²) in [5, 5.41) is 3.68. The molecular weight excluding hydrogens is 342 g/mol. The molecule has 0 aliphatic heterocycles. The quantitative estimate of drug-likeness (QED) is 0.556. The first-order chi connectivity index (χ1) is 12.5. The van der Waals surface area contributed by atoms with Gasteiger partial charge in [-0.2, -0.15) is 0 Å². The molecule has 140 valence electrons. The van der Waals surface area contributed by atoms with Gasteiger partial charge in [-0.05, 0) is 86.4 Å². The summed E-state index contributed by atoms with van der Waals surface area (Å²) in [6.07, 6.45) is 8.61. The number of nitrogens with one attached hydrogen (secondary N) is 3. The molecule has 26 heavy (non-hydrogen) atoms. The van der Waals surface area contributed by atoms with Crippen molar-refractivity contribution in [1.82, 2.24) is 16.2 Å². The van der Waals surface area contributed by atoms with E-state index in [-0.39, 0.29) is 17.4 Å². The first-order valence-corrected chi connectivity index (χ1v) is 10.3. The van der Waals surface area contributed by atoms with E-state index in [0.717, 1.165) is 23.3 Å². The summed E-state index contributed by atoms with van der Waals surface area (Å²) < 4.78 is 0. The van der Waals surface area contributed by atoms with Gasteiger partial charge in [-0.15, -0.1) is 0 Å². The van der Waals surface area contributed by atoms with Gasteiger partial charge in [0.2, 0.25) is 5.91 Å². The van der Waals surface area contributed by atoms with Crippen LogP contribution < -0.4 is 16.2 Å². The molecule has 4 saturated carbocycles. The third-order valence-corrected chi connectivity index (χ3v) is 6.88. The fourth-order valence-electron chi connectivity index (χ4n) is 6.08. The van der Waals surface area contributed by atoms with E-state index in [0.29, 0.717) is 11.5 Å². The van der Waals surface area contributed by atoms with Crippen molar-refractivity contribution in [2.24, 2.45) is 23.2 Å². The lowest BCUT2D eigenvalue weighted by Gasteiger charge is -2.56. The second-order valence-electron chi connectivity index (χ2n) is 8.87. The first-order valence-electron chi connectivity index (χ1n) is 9.92. The molecule has 0 saturated heterocycles. The number of hydrogen-bond acceptors (Lipinski definition) is 2. The van der Waals surface area contributed by atoms with Crippen LogP contribution in [0.1, 0.15) is 63.5 Å². The molecule has 1 amide bonds. The van der Waals surface area contributed by atoms with Crippen molar-refractivity contribution in [3.8, 4) is 0 Å². The van der Waals surface area contributed by atoms with Crippen LogP contribution >= 0.6 is 12.2 Å². The van der Waals surface area contributed by atoms with E-state index in [4.69, 9.17) is 12.2 Å². The monoisotopic (exact) mass is 371 g/mol. The number of amides is 1. The predicted octanol–water partition coefficient (Wildman–Crippen LogP) is 3.85. The maximum atomic E-state index is 12.5. The molecule has 4 nitrogen and oxygen atoms in total. The molecule has 1 unspecified atom stereocenters. The predicted molar refractivity (Wildman–Crippen MR) is 107 cm³/mol. The van der Waals surface area contributed by atoms with E-state index in [2.05, 4.69) is 35.2 Å². The van der Waals surface area contributed by atoms with E-state index in [1.807, 2.05) is 18.2 Å². The third-order valence-electron chi connectivity index (χ3n) is 6.66. The Morgan fingerprint density at radius 3 is 2.23 bits per heavy atom. The number of benzene rings is 1. The minimum absolute atomic E-state index is 0.0727. The molecule has 0 spiro atoms. The second kappa shape index (κ2) is 7.18. The van der Waals surface area contributed by atoms with E-state index in [9.17, 15) is 4.79 Å². The Bertz CT molecular complexity index is 640. The van der Waals surface area contributed by atoms with Crippen LogP contribution in [0.5, 0.6) is 0 Å². The molecule has 1 aromatic carbocycles. The van der Waals surface area contributed by atoms with E-state index >= 15 is 0 Å². The zero-order chi connectivity index (χ0) is 18.1. The molecule has 5 rings (SSSR count). The second-order valence-corrected chi connectivity index (χ2v) is 9.28. The normalized spacial score (nSPS) is 32.7. The maximum absolute atomic E-state index is 12.5. The molecule has 1 atom stereocenters. The minimum Gasteiger partial charge on any atom is -0.355 e. The van der Waals surface area contributed by atoms with Gasteiger partial charge in [0.1, 0.15) is 0 Å². The maximum Gasteiger partial charge on any atom is 0.238 e. The van der Waals surface area contributed by atoms with Gasteiger partial charge in [-0.1, -0.05) is 30.3 Å². The lowest BCUT2D eigenvalue weighted by atomic mass is 9.49. The Hall–Kier alpha value is -1.62. The number of carbonyl (C=O) groups excluding carboxylic acids is 1. The van der Waals surface area contributed by atoms with Gasteiger partial charge in [0.15, 0.2) is 5.11 Å². The Labute approximate surface area is 161 Å². The average Bonchev–Trinajstić information content (AvgIpc) is 2.59. The zero-order valence-corrected chi connectivity index (χ0v) is 16.3. The van der Waals surface area contributed by atoms with Crippen LogP contribution in [0.15, 0.2) is 30.3 Å². The summed E-state index contributed by atoms with van der Waals surface area (Å²) in [6, 6.07) is 10.2. The van der Waals surface area contributed by atoms with Crippen LogP contribution in [0.25, 0.3) is 0 Å². The molecule has 4 bridgehead atoms. The van der Waals surface area contributed by atoms with Crippen molar-refractivity contribution in [2.75, 3.05) is 0 Å². The molecule has 0 aromatic heterocycles. The summed E-state index contributed by atoms with van der Waals surface area (Å²) in [4.78, 5) is 12.5. The van der Waals surface area contributed by atoms with Crippen molar-refractivity contribution in [3.05, 3.63) is 35.9 Å². The number of carbonyl (C=O) groups is 1. The lowest BCUT2D eigenvalue weighted by Crippen LogP contribution is -2.51. The molecule has 4 aliphatic carbocycles. The highest BCUT2D eigenvalue weighted by atomic mass is 32.1. The number of hydrazine groups is 1. The molecule has 5 heteroatoms. The van der Waals surface area contributed by atoms with Crippen molar-refractivity contribution in [3.63, 3.8) is 0 Å². The lowest BCUT2D eigenvalue weighted by molar-refractivity contribution is -0.130. The van der Waals surface area contributed by atoms with Gasteiger partial charge < -0.3 is 5.32 Å². The van der Waals surface area contributed by atoms with Crippen molar-refractivity contribution >= 4 is 23.2 Å². The molecule has 3 N–H and O–H groups in total. The van der Waals surface area contributed by atoms with Crippen LogP contribution in [-0.2, 0) is 4.79 Å². The van der Waals surface area contributed by atoms with Crippen molar-refractivity contribution in [2.45, 2.75) is 57.9 Å². The highest BCUT2D eigenvalue weighted by Gasteiger charge is 2.51. The zero-order valence-electron chi connectivity index (χ0n) is 15.5. The number of hydrogen-bond donors (Lipinski definition) is 3. The van der Waals surface area contributed by atoms with Gasteiger partial charge in [0.25, 0.3) is 0 Å². The number of thiocarbonyl (C=S) groups is 1. The largest absolute Gasteiger partial charge is 0.355 e. The van der Waals surface area contributed by atoms with Gasteiger partial charge in [0.05, 0.1) is 6.04 Å². The summed E-state index contributed by atoms with van der Waals surface area (Å²) in [5.74, 6) is 2.69. The summed E-state index contributed by atoms with van der Waals surface area (Å²) in [7, 11) is 0. The van der Waals surface area contributed by atoms with E-state index in [1.165, 1.54) is 38.5 Å². The molecule has 1 aromatic rings. The van der Waals surface area contributed by atoms with Crippen LogP contribution in [0.4, 0.5) is 0 Å². The first kappa shape index (κ1) is 17.8. The Balaban J connectivity index is 1.25. The number of rotatable bonds is 4. The van der Waals surface area contributed by atoms with Crippen molar-refractivity contribution in [1.29, 1.82) is 0 Å². The summed E-state index contributed by atoms with van der Waals surface area (Å²) >= 11 is 5.33. The van der Waals surface area contributed by atoms with Gasteiger partial charge in [-0.3, -0.25) is 15.6 Å². The van der Waals surface area contributed by atoms with Gasteiger partial charge in [-0.25, -0.2) is 0 Å². The Morgan fingerprint density at radius 1 is 1.08 bits per heavy atom. The van der Waals surface area contributed by atoms with E-state index in [1.54, 1.807) is 0 Å². The molecule has 4 aliphatic rings. The highest BCUT2D eigenvalue weighted by molar-refractivity contribution is 7.80. The Kier molecular flexibility index (Phi) is 4.91. The molecule has 0 heterocycles. The van der Waals surface area contributed by atoms with Crippen LogP contribution in [0.3, 0.4) is 0 Å². The molecule has 4 fully saturated rings. The van der Waals surface area contributed by atoms with Crippen LogP contribution in [0, 0.1) is 23.2 Å². The fourth-order valence-corrected chi connectivity index (χ4v) is 6.30. The molecular formula is C21H29N3OS. The van der Waals surface area contributed by atoms with Gasteiger partial charge in [0, 0.05) is 6.42 Å². The smallest absolute Gasteiger partial charge is 0.238 e. The SMILES string of the molecule is CC(NC(=S)NNC(=O)CC12CC3CC(CC(C3)C1)C2)c1ccccc1. The third kappa shape index (κ3) is 3.88. The van der Waals surface area contributed by atoms with Crippen LogP contribution in [-0.4, -0.2) is 11.0 Å². The Morgan fingerprint density at radius 2 is 1.65 bits per heavy atom. The highest BCUT2D eigenvalue weighted by Crippen LogP contribution is 2.61. The average molecular weight is 372 g/mol. The summed E-state index contributed by atoms with van der Waals surface area (Å²) in [5.41, 5.74) is 7.13. The van der Waals surface area contributed by atoms with Gasteiger partial charge >= 0.3 is 0 Å². The van der Waals surface area contributed by atoms with E-state index < -0.39 is 0 Å². The van der Waals surface area contributed by atoms with Crippen molar-refractivity contribution < 1.29 is 4.79 Å². The topological polar surface area (TPSA) is 53.2 Å². The minimum atomic E-state index is 0.0727. The standard InChI is InChI=1S/C21H29N3OS/c1-14(18-5-3-2-4-6-18)22-20(26)24-23-19(25)13-21-10-15-7-16(11-21)9-17(8-15)12-21/h2-6,14-17H,7-13H2,1H3,(H,23,25)(H2,22,24,26). The van der Waals surface area contributed by atoms with Crippen LogP contribution in [0.2, 0.25) is 0 Å². The summed E-state index contributed by atoms with van der Waals surface area (Å²) in [6.45, 7) is 2.06. The molecule has 0 radical (unpaired) electrons.